The van der Waals surface area contributed by atoms with Gasteiger partial charge in [0, 0.05) is 20.6 Å². The van der Waals surface area contributed by atoms with Crippen LogP contribution in [0.4, 0.5) is 0 Å². The third kappa shape index (κ3) is 10.2. The summed E-state index contributed by atoms with van der Waals surface area (Å²) in [4.78, 5) is 18.1. The first kappa shape index (κ1) is 34.2. The Balaban J connectivity index is 1.74. The van der Waals surface area contributed by atoms with Crippen molar-refractivity contribution in [2.75, 3.05) is 19.5 Å². The van der Waals surface area contributed by atoms with Crippen LogP contribution in [0.3, 0.4) is 0 Å². The van der Waals surface area contributed by atoms with Crippen molar-refractivity contribution in [1.82, 2.24) is 24.5 Å². The lowest BCUT2D eigenvalue weighted by Crippen LogP contribution is -2.32. The Hall–Kier alpha value is -3.65. The zero-order chi connectivity index (χ0) is 32.5. The third-order valence-electron chi connectivity index (χ3n) is 7.08. The molecule has 0 spiro atoms. The van der Waals surface area contributed by atoms with Crippen LogP contribution >= 0.6 is 0 Å². The van der Waals surface area contributed by atoms with Crippen LogP contribution in [0.15, 0.2) is 78.0 Å². The maximum Gasteiger partial charge on any atom is 0.264 e. The highest BCUT2D eigenvalue weighted by molar-refractivity contribution is 7.86. The summed E-state index contributed by atoms with van der Waals surface area (Å²) >= 11 is 0. The number of rotatable bonds is 17. The van der Waals surface area contributed by atoms with E-state index >= 15 is 0 Å². The summed E-state index contributed by atoms with van der Waals surface area (Å²) < 4.78 is 45.7. The topological polar surface area (TPSA) is 127 Å². The SMILES string of the molecule is CCCCOc1cn(COCC[Si](C)(C)C)nc(-c2ncnn2CC(OS(C)(=O)=O)C(c2ccccc2)c2ccccc2)c1=O. The number of unbranched alkanes of at least 4 members (excludes halogenated alkanes) is 1. The van der Waals surface area contributed by atoms with E-state index in [1.165, 1.54) is 15.7 Å². The van der Waals surface area contributed by atoms with E-state index in [9.17, 15) is 13.2 Å². The van der Waals surface area contributed by atoms with Crippen LogP contribution in [0, 0.1) is 0 Å². The minimum atomic E-state index is -3.90. The van der Waals surface area contributed by atoms with Crippen molar-refractivity contribution in [3.8, 4) is 17.3 Å². The molecule has 45 heavy (non-hydrogen) atoms. The van der Waals surface area contributed by atoms with Crippen LogP contribution in [-0.2, 0) is 32.3 Å². The molecule has 2 heterocycles. The molecule has 1 unspecified atom stereocenters. The molecule has 2 aromatic carbocycles. The summed E-state index contributed by atoms with van der Waals surface area (Å²) in [5.41, 5.74) is 1.30. The molecule has 0 amide bonds. The molecule has 0 saturated heterocycles. The molecule has 0 radical (unpaired) electrons. The molecule has 4 aromatic rings. The lowest BCUT2D eigenvalue weighted by atomic mass is 9.86. The summed E-state index contributed by atoms with van der Waals surface area (Å²) in [5, 5.41) is 8.96. The molecule has 0 bridgehead atoms. The molecule has 0 aliphatic carbocycles. The van der Waals surface area contributed by atoms with Crippen LogP contribution in [0.5, 0.6) is 5.75 Å². The average Bonchev–Trinajstić information content (AvgIpc) is 3.44. The van der Waals surface area contributed by atoms with Crippen LogP contribution in [0.2, 0.25) is 25.7 Å². The van der Waals surface area contributed by atoms with Crippen molar-refractivity contribution in [1.29, 1.82) is 0 Å². The van der Waals surface area contributed by atoms with E-state index in [1.807, 2.05) is 67.6 Å². The molecule has 242 valence electrons. The lowest BCUT2D eigenvalue weighted by Gasteiger charge is -2.27. The summed E-state index contributed by atoms with van der Waals surface area (Å²) in [6.07, 6.45) is 4.65. The molecule has 11 nitrogen and oxygen atoms in total. The summed E-state index contributed by atoms with van der Waals surface area (Å²) in [6, 6.07) is 20.1. The van der Waals surface area contributed by atoms with E-state index < -0.39 is 35.6 Å². The monoisotopic (exact) mass is 653 g/mol. The van der Waals surface area contributed by atoms with Gasteiger partial charge in [0.05, 0.1) is 25.6 Å². The standard InChI is InChI=1S/C32H43N5O6SSi/c1-6-7-18-42-28-21-36(24-41-19-20-45(3,4)5)35-30(31(28)38)32-33-23-34-37(32)22-27(43-44(2,39)40)29(25-14-10-8-11-15-25)26-16-12-9-13-17-26/h8-17,21,23,27,29H,6-7,18-20,22,24H2,1-5H3. The van der Waals surface area contributed by atoms with Gasteiger partial charge >= 0.3 is 0 Å². The van der Waals surface area contributed by atoms with Gasteiger partial charge in [-0.2, -0.15) is 18.6 Å². The van der Waals surface area contributed by atoms with Crippen molar-refractivity contribution in [2.24, 2.45) is 0 Å². The Morgan fingerprint density at radius 3 is 2.18 bits per heavy atom. The second-order valence-electron chi connectivity index (χ2n) is 12.2. The molecule has 0 aliphatic rings. The highest BCUT2D eigenvalue weighted by Crippen LogP contribution is 2.32. The minimum Gasteiger partial charge on any atom is -0.488 e. The zero-order valence-corrected chi connectivity index (χ0v) is 28.4. The van der Waals surface area contributed by atoms with E-state index in [-0.39, 0.29) is 30.5 Å². The lowest BCUT2D eigenvalue weighted by molar-refractivity contribution is 0.0766. The molecule has 0 N–H and O–H groups in total. The minimum absolute atomic E-state index is 0.0179. The highest BCUT2D eigenvalue weighted by Gasteiger charge is 2.31. The number of benzene rings is 2. The molecule has 2 aromatic heterocycles. The van der Waals surface area contributed by atoms with Gasteiger partial charge in [0.2, 0.25) is 0 Å². The quantitative estimate of drug-likeness (QED) is 0.0862. The van der Waals surface area contributed by atoms with Gasteiger partial charge < -0.3 is 9.47 Å². The van der Waals surface area contributed by atoms with E-state index in [4.69, 9.17) is 13.7 Å². The predicted octanol–water partition coefficient (Wildman–Crippen LogP) is 5.17. The summed E-state index contributed by atoms with van der Waals surface area (Å²) in [7, 11) is -5.20. The highest BCUT2D eigenvalue weighted by atomic mass is 32.2. The molecule has 0 saturated carbocycles. The fourth-order valence-corrected chi connectivity index (χ4v) is 6.18. The van der Waals surface area contributed by atoms with Crippen molar-refractivity contribution in [3.63, 3.8) is 0 Å². The van der Waals surface area contributed by atoms with Gasteiger partial charge in [-0.25, -0.2) is 14.3 Å². The Bertz CT molecular complexity index is 1630. The van der Waals surface area contributed by atoms with Crippen molar-refractivity contribution >= 4 is 18.2 Å². The largest absolute Gasteiger partial charge is 0.488 e. The first-order valence-corrected chi connectivity index (χ1v) is 20.7. The zero-order valence-electron chi connectivity index (χ0n) is 26.6. The second kappa shape index (κ2) is 15.6. The Labute approximate surface area is 266 Å². The smallest absolute Gasteiger partial charge is 0.264 e. The average molecular weight is 654 g/mol. The van der Waals surface area contributed by atoms with Gasteiger partial charge in [0.1, 0.15) is 19.2 Å². The third-order valence-corrected chi connectivity index (χ3v) is 9.38. The molecule has 0 aliphatic heterocycles. The maximum atomic E-state index is 13.7. The first-order chi connectivity index (χ1) is 21.4. The van der Waals surface area contributed by atoms with E-state index in [0.29, 0.717) is 13.2 Å². The molecular weight excluding hydrogens is 611 g/mol. The second-order valence-corrected chi connectivity index (χ2v) is 19.4. The van der Waals surface area contributed by atoms with E-state index in [0.717, 1.165) is 36.3 Å². The van der Waals surface area contributed by atoms with Crippen LogP contribution in [0.25, 0.3) is 11.5 Å². The fraction of sp³-hybridized carbons (Fsp3) is 0.438. The van der Waals surface area contributed by atoms with Crippen molar-refractivity contribution in [3.05, 3.63) is 94.5 Å². The van der Waals surface area contributed by atoms with Crippen LogP contribution < -0.4 is 10.2 Å². The fourth-order valence-electron chi connectivity index (χ4n) is 4.80. The van der Waals surface area contributed by atoms with E-state index in [1.54, 1.807) is 6.20 Å². The molecule has 1 atom stereocenters. The van der Waals surface area contributed by atoms with Gasteiger partial charge in [-0.15, -0.1) is 0 Å². The number of ether oxygens (including phenoxy) is 2. The van der Waals surface area contributed by atoms with Crippen molar-refractivity contribution in [2.45, 2.75) is 70.7 Å². The Kier molecular flexibility index (Phi) is 11.8. The van der Waals surface area contributed by atoms with Gasteiger partial charge in [-0.1, -0.05) is 93.6 Å². The molecule has 4 rings (SSSR count). The van der Waals surface area contributed by atoms with Crippen LogP contribution in [0.1, 0.15) is 36.8 Å². The molecule has 13 heteroatoms. The Morgan fingerprint density at radius 2 is 1.60 bits per heavy atom. The number of hydrogen-bond donors (Lipinski definition) is 0. The van der Waals surface area contributed by atoms with E-state index in [2.05, 4.69) is 34.8 Å². The van der Waals surface area contributed by atoms with Gasteiger partial charge in [-0.3, -0.25) is 8.98 Å². The molecular formula is C32H43N5O6SSi. The summed E-state index contributed by atoms with van der Waals surface area (Å²) in [6.45, 7) is 9.91. The maximum absolute atomic E-state index is 13.7. The Morgan fingerprint density at radius 1 is 0.956 bits per heavy atom. The summed E-state index contributed by atoms with van der Waals surface area (Å²) in [5.74, 6) is -0.182. The number of nitrogens with zero attached hydrogens (tertiary/aromatic N) is 5. The number of hydrogen-bond acceptors (Lipinski definition) is 9. The van der Waals surface area contributed by atoms with Crippen molar-refractivity contribution < 1.29 is 22.1 Å². The van der Waals surface area contributed by atoms with Crippen LogP contribution in [-0.4, -0.2) is 66.6 Å². The molecule has 0 fully saturated rings. The normalized spacial score (nSPS) is 12.8. The van der Waals surface area contributed by atoms with Gasteiger partial charge in [0.25, 0.3) is 15.5 Å². The number of aromatic nitrogens is 5. The predicted molar refractivity (Wildman–Crippen MR) is 176 cm³/mol. The first-order valence-electron chi connectivity index (χ1n) is 15.1. The van der Waals surface area contributed by atoms with Gasteiger partial charge in [-0.05, 0) is 23.6 Å². The van der Waals surface area contributed by atoms with Gasteiger partial charge in [0.15, 0.2) is 17.3 Å².